The first-order valence-electron chi connectivity index (χ1n) is 9.83. The molecule has 0 saturated heterocycles. The molecule has 0 N–H and O–H groups in total. The lowest BCUT2D eigenvalue weighted by Crippen LogP contribution is -2.53. The van der Waals surface area contributed by atoms with Crippen molar-refractivity contribution in [3.05, 3.63) is 11.6 Å². The van der Waals surface area contributed by atoms with E-state index in [0.29, 0.717) is 28.8 Å². The van der Waals surface area contributed by atoms with Crippen LogP contribution in [0.5, 0.6) is 0 Å². The van der Waals surface area contributed by atoms with Crippen LogP contribution in [0.4, 0.5) is 0 Å². The summed E-state index contributed by atoms with van der Waals surface area (Å²) in [5.74, 6) is 3.39. The van der Waals surface area contributed by atoms with Crippen LogP contribution in [0.1, 0.15) is 71.1 Å². The average Bonchev–Trinajstić information content (AvgIpc) is 2.85. The van der Waals surface area contributed by atoms with Gasteiger partial charge in [-0.25, -0.2) is 0 Å². The minimum atomic E-state index is -0.0163. The Morgan fingerprint density at radius 1 is 1.00 bits per heavy atom. The lowest BCUT2D eigenvalue weighted by Gasteiger charge is -2.60. The van der Waals surface area contributed by atoms with E-state index in [4.69, 9.17) is 0 Å². The number of rotatable bonds is 0. The van der Waals surface area contributed by atoms with E-state index in [9.17, 15) is 9.59 Å². The van der Waals surface area contributed by atoms with E-state index in [1.807, 2.05) is 0 Å². The molecule has 0 heterocycles. The predicted molar refractivity (Wildman–Crippen MR) is 88.8 cm³/mol. The lowest BCUT2D eigenvalue weighted by molar-refractivity contribution is -0.135. The topological polar surface area (TPSA) is 34.1 Å². The Morgan fingerprint density at radius 3 is 2.74 bits per heavy atom. The standard InChI is InChI=1S/C21H28O2/c1-20-10-8-17-15(16(20)6-7-19(20)23)5-4-14-11-18(22)13-3-2-9-21(14,17)12-13/h11,13,15-17H,2-10,12H2,1H3. The van der Waals surface area contributed by atoms with E-state index in [-0.39, 0.29) is 5.41 Å². The van der Waals surface area contributed by atoms with Crippen molar-refractivity contribution in [1.82, 2.24) is 0 Å². The molecule has 0 radical (unpaired) electrons. The number of Topliss-reactive ketones (excluding diaryl/α,β-unsaturated/α-hetero) is 1. The van der Waals surface area contributed by atoms with Crippen LogP contribution < -0.4 is 0 Å². The molecule has 6 atom stereocenters. The van der Waals surface area contributed by atoms with Crippen LogP contribution in [0.2, 0.25) is 0 Å². The molecular formula is C21H28O2. The summed E-state index contributed by atoms with van der Waals surface area (Å²) in [6.07, 6.45) is 13.5. The number of allylic oxidation sites excluding steroid dienone is 1. The van der Waals surface area contributed by atoms with Crippen LogP contribution in [0, 0.1) is 34.5 Å². The monoisotopic (exact) mass is 312 g/mol. The Labute approximate surface area is 139 Å². The fourth-order valence-electron chi connectivity index (χ4n) is 7.64. The number of hydrogen-bond acceptors (Lipinski definition) is 2. The van der Waals surface area contributed by atoms with Crippen molar-refractivity contribution in [3.63, 3.8) is 0 Å². The second-order valence-electron chi connectivity index (χ2n) is 9.35. The quantitative estimate of drug-likeness (QED) is 0.661. The van der Waals surface area contributed by atoms with Crippen molar-refractivity contribution >= 4 is 11.6 Å². The van der Waals surface area contributed by atoms with Gasteiger partial charge in [0.05, 0.1) is 0 Å². The van der Waals surface area contributed by atoms with E-state index in [1.54, 1.807) is 0 Å². The molecule has 1 spiro atoms. The van der Waals surface area contributed by atoms with Crippen molar-refractivity contribution in [3.8, 4) is 0 Å². The summed E-state index contributed by atoms with van der Waals surface area (Å²) in [6, 6.07) is 0. The van der Waals surface area contributed by atoms with E-state index >= 15 is 0 Å². The normalized spacial score (nSPS) is 51.6. The first kappa shape index (κ1) is 14.4. The number of carbonyl (C=O) groups is 2. The molecule has 23 heavy (non-hydrogen) atoms. The minimum absolute atomic E-state index is 0.0163. The SMILES string of the molecule is CC12CCC3C(CCC4=CC(=O)C5CCCC43C5)C1CCC2=O. The maximum atomic E-state index is 12.5. The maximum Gasteiger partial charge on any atom is 0.158 e. The largest absolute Gasteiger partial charge is 0.299 e. The van der Waals surface area contributed by atoms with Gasteiger partial charge in [-0.1, -0.05) is 18.9 Å². The zero-order valence-corrected chi connectivity index (χ0v) is 14.3. The van der Waals surface area contributed by atoms with Gasteiger partial charge < -0.3 is 0 Å². The molecule has 5 rings (SSSR count). The summed E-state index contributed by atoms with van der Waals surface area (Å²) in [6.45, 7) is 2.26. The Kier molecular flexibility index (Phi) is 2.87. The molecule has 0 amide bonds. The molecule has 4 fully saturated rings. The number of fused-ring (bicyclic) bond motifs is 4. The highest BCUT2D eigenvalue weighted by Crippen LogP contribution is 2.67. The zero-order valence-electron chi connectivity index (χ0n) is 14.3. The second-order valence-corrected chi connectivity index (χ2v) is 9.35. The van der Waals surface area contributed by atoms with Gasteiger partial charge in [0.15, 0.2) is 5.78 Å². The molecule has 2 bridgehead atoms. The number of hydrogen-bond donors (Lipinski definition) is 0. The van der Waals surface area contributed by atoms with E-state index in [2.05, 4.69) is 13.0 Å². The summed E-state index contributed by atoms with van der Waals surface area (Å²) >= 11 is 0. The molecule has 5 aliphatic rings. The van der Waals surface area contributed by atoms with Crippen LogP contribution in [-0.4, -0.2) is 11.6 Å². The molecule has 0 aromatic carbocycles. The van der Waals surface area contributed by atoms with Crippen molar-refractivity contribution in [2.24, 2.45) is 34.5 Å². The Hall–Kier alpha value is -0.920. The summed E-state index contributed by atoms with van der Waals surface area (Å²) in [5, 5.41) is 0. The van der Waals surface area contributed by atoms with Gasteiger partial charge >= 0.3 is 0 Å². The number of ketones is 2. The summed E-state index contributed by atoms with van der Waals surface area (Å²) in [5.41, 5.74) is 1.83. The summed E-state index contributed by atoms with van der Waals surface area (Å²) < 4.78 is 0. The van der Waals surface area contributed by atoms with Gasteiger partial charge in [0.25, 0.3) is 0 Å². The average molecular weight is 312 g/mol. The van der Waals surface area contributed by atoms with Crippen LogP contribution >= 0.6 is 0 Å². The van der Waals surface area contributed by atoms with Crippen molar-refractivity contribution < 1.29 is 9.59 Å². The molecular weight excluding hydrogens is 284 g/mol. The lowest BCUT2D eigenvalue weighted by atomic mass is 9.44. The molecule has 6 unspecified atom stereocenters. The van der Waals surface area contributed by atoms with Crippen molar-refractivity contribution in [1.29, 1.82) is 0 Å². The fourth-order valence-corrected chi connectivity index (χ4v) is 7.64. The van der Waals surface area contributed by atoms with Gasteiger partial charge in [-0.15, -0.1) is 0 Å². The molecule has 124 valence electrons. The third-order valence-electron chi connectivity index (χ3n) is 8.75. The highest BCUT2D eigenvalue weighted by molar-refractivity contribution is 5.94. The predicted octanol–water partition coefficient (Wildman–Crippen LogP) is 4.48. The molecule has 2 nitrogen and oxygen atoms in total. The molecule has 0 aliphatic heterocycles. The minimum Gasteiger partial charge on any atom is -0.299 e. The first-order valence-corrected chi connectivity index (χ1v) is 9.83. The number of carbonyl (C=O) groups excluding carboxylic acids is 2. The first-order chi connectivity index (χ1) is 11.0. The third kappa shape index (κ3) is 1.71. The second kappa shape index (κ2) is 4.58. The van der Waals surface area contributed by atoms with Gasteiger partial charge in [-0.05, 0) is 80.6 Å². The van der Waals surface area contributed by atoms with Gasteiger partial charge in [0.1, 0.15) is 5.78 Å². The van der Waals surface area contributed by atoms with Crippen LogP contribution in [0.25, 0.3) is 0 Å². The molecule has 0 aromatic rings. The van der Waals surface area contributed by atoms with Gasteiger partial charge in [-0.3, -0.25) is 9.59 Å². The third-order valence-corrected chi connectivity index (χ3v) is 8.75. The Morgan fingerprint density at radius 2 is 1.87 bits per heavy atom. The van der Waals surface area contributed by atoms with Gasteiger partial charge in [0, 0.05) is 17.8 Å². The molecule has 2 heteroatoms. The highest BCUT2D eigenvalue weighted by Gasteiger charge is 2.61. The maximum absolute atomic E-state index is 12.5. The van der Waals surface area contributed by atoms with Crippen molar-refractivity contribution in [2.75, 3.05) is 0 Å². The Bertz CT molecular complexity index is 617. The van der Waals surface area contributed by atoms with E-state index in [1.165, 1.54) is 31.3 Å². The summed E-state index contributed by atoms with van der Waals surface area (Å²) in [7, 11) is 0. The zero-order chi connectivity index (χ0) is 15.8. The fraction of sp³-hybridized carbons (Fsp3) is 0.810. The van der Waals surface area contributed by atoms with Gasteiger partial charge in [0.2, 0.25) is 0 Å². The molecule has 0 aromatic heterocycles. The Balaban J connectivity index is 1.56. The van der Waals surface area contributed by atoms with Crippen LogP contribution in [0.3, 0.4) is 0 Å². The highest BCUT2D eigenvalue weighted by atomic mass is 16.1. The smallest absolute Gasteiger partial charge is 0.158 e. The summed E-state index contributed by atoms with van der Waals surface area (Å²) in [4.78, 5) is 24.9. The van der Waals surface area contributed by atoms with Crippen LogP contribution in [-0.2, 0) is 9.59 Å². The van der Waals surface area contributed by atoms with E-state index in [0.717, 1.165) is 50.4 Å². The van der Waals surface area contributed by atoms with Gasteiger partial charge in [-0.2, -0.15) is 0 Å². The van der Waals surface area contributed by atoms with E-state index < -0.39 is 0 Å². The van der Waals surface area contributed by atoms with Crippen molar-refractivity contribution in [2.45, 2.75) is 71.1 Å². The molecule has 5 aliphatic carbocycles. The van der Waals surface area contributed by atoms with Crippen LogP contribution in [0.15, 0.2) is 11.6 Å². The molecule has 4 saturated carbocycles.